The van der Waals surface area contributed by atoms with Crippen LogP contribution in [0.5, 0.6) is 0 Å². The summed E-state index contributed by atoms with van der Waals surface area (Å²) in [5.41, 5.74) is 8.34. The molecule has 6 nitrogen and oxygen atoms in total. The molecule has 3 rings (SSSR count). The molecule has 0 saturated carbocycles. The number of hydrogen-bond acceptors (Lipinski definition) is 3. The topological polar surface area (TPSA) is 73.3 Å². The van der Waals surface area contributed by atoms with Gasteiger partial charge in [-0.25, -0.2) is 4.68 Å². The summed E-state index contributed by atoms with van der Waals surface area (Å²) in [6.07, 6.45) is 0. The fraction of sp³-hybridized carbons (Fsp3) is 0.200. The number of benzene rings is 2. The second-order valence-corrected chi connectivity index (χ2v) is 6.05. The molecule has 0 bridgehead atoms. The van der Waals surface area contributed by atoms with E-state index in [2.05, 4.69) is 0 Å². The first-order valence-corrected chi connectivity index (χ1v) is 8.47. The van der Waals surface area contributed by atoms with Crippen LogP contribution in [-0.2, 0) is 7.05 Å². The zero-order chi connectivity index (χ0) is 18.8. The fourth-order valence-electron chi connectivity index (χ4n) is 3.11. The van der Waals surface area contributed by atoms with Crippen molar-refractivity contribution in [3.63, 3.8) is 0 Å². The Morgan fingerprint density at radius 1 is 1.08 bits per heavy atom. The molecule has 6 heteroatoms. The highest BCUT2D eigenvalue weighted by atomic mass is 16.2. The van der Waals surface area contributed by atoms with Crippen LogP contribution in [-0.4, -0.2) is 21.8 Å². The highest BCUT2D eigenvalue weighted by Crippen LogP contribution is 2.22. The molecule has 0 aliphatic rings. The number of aromatic nitrogens is 2. The van der Waals surface area contributed by atoms with Gasteiger partial charge < -0.3 is 10.6 Å². The fourth-order valence-corrected chi connectivity index (χ4v) is 3.11. The zero-order valence-electron chi connectivity index (χ0n) is 15.1. The average Bonchev–Trinajstić information content (AvgIpc) is 2.87. The van der Waals surface area contributed by atoms with Gasteiger partial charge in [0.1, 0.15) is 5.69 Å². The van der Waals surface area contributed by atoms with Gasteiger partial charge in [-0.15, -0.1) is 0 Å². The van der Waals surface area contributed by atoms with Gasteiger partial charge in [-0.3, -0.25) is 14.3 Å². The molecule has 1 heterocycles. The van der Waals surface area contributed by atoms with Crippen molar-refractivity contribution in [1.29, 1.82) is 0 Å². The maximum Gasteiger partial charge on any atom is 0.295 e. The zero-order valence-corrected chi connectivity index (χ0v) is 15.1. The number of nitrogens with zero attached hydrogens (tertiary/aromatic N) is 3. The van der Waals surface area contributed by atoms with Gasteiger partial charge in [-0.2, -0.15) is 0 Å². The van der Waals surface area contributed by atoms with Gasteiger partial charge in [0.2, 0.25) is 0 Å². The number of nitrogen functional groups attached to an aromatic ring is 1. The minimum absolute atomic E-state index is 0.235. The van der Waals surface area contributed by atoms with E-state index < -0.39 is 0 Å². The molecule has 1 aromatic heterocycles. The van der Waals surface area contributed by atoms with Crippen LogP contribution in [0.4, 0.5) is 11.4 Å². The lowest BCUT2D eigenvalue weighted by molar-refractivity contribution is 0.0989. The van der Waals surface area contributed by atoms with Crippen molar-refractivity contribution in [2.24, 2.45) is 7.05 Å². The van der Waals surface area contributed by atoms with Crippen molar-refractivity contribution in [3.05, 3.63) is 76.2 Å². The molecule has 0 radical (unpaired) electrons. The summed E-state index contributed by atoms with van der Waals surface area (Å²) >= 11 is 0. The lowest BCUT2D eigenvalue weighted by Gasteiger charge is -2.20. The lowest BCUT2D eigenvalue weighted by atomic mass is 10.1. The van der Waals surface area contributed by atoms with E-state index in [0.29, 0.717) is 29.2 Å². The van der Waals surface area contributed by atoms with E-state index in [1.807, 2.05) is 51.2 Å². The molecule has 2 N–H and O–H groups in total. The Morgan fingerprint density at radius 2 is 1.69 bits per heavy atom. The van der Waals surface area contributed by atoms with E-state index >= 15 is 0 Å². The molecule has 0 fully saturated rings. The SMILES string of the molecule is CCN(C(=O)c1ccccc1N)c1c(C)n(C)n(-c2ccccc2)c1=O. The Hall–Kier alpha value is -3.28. The summed E-state index contributed by atoms with van der Waals surface area (Å²) < 4.78 is 3.33. The standard InChI is InChI=1S/C20H22N4O2/c1-4-23(19(25)16-12-8-9-13-17(16)21)18-14(2)22(3)24(20(18)26)15-10-6-5-7-11-15/h5-13H,4,21H2,1-3H3. The van der Waals surface area contributed by atoms with Crippen LogP contribution in [0.1, 0.15) is 23.0 Å². The molecule has 0 atom stereocenters. The minimum Gasteiger partial charge on any atom is -0.398 e. The number of amides is 1. The van der Waals surface area contributed by atoms with Crippen LogP contribution in [0, 0.1) is 6.92 Å². The molecule has 0 unspecified atom stereocenters. The van der Waals surface area contributed by atoms with E-state index in [-0.39, 0.29) is 11.5 Å². The van der Waals surface area contributed by atoms with Gasteiger partial charge in [0, 0.05) is 19.3 Å². The summed E-state index contributed by atoms with van der Waals surface area (Å²) in [5, 5.41) is 0. The maximum atomic E-state index is 13.1. The first kappa shape index (κ1) is 17.5. The molecule has 2 aromatic carbocycles. The average molecular weight is 350 g/mol. The Bertz CT molecular complexity index is 1000. The van der Waals surface area contributed by atoms with Crippen molar-refractivity contribution >= 4 is 17.3 Å². The monoisotopic (exact) mass is 350 g/mol. The molecule has 0 spiro atoms. The summed E-state index contributed by atoms with van der Waals surface area (Å²) in [7, 11) is 1.81. The largest absolute Gasteiger partial charge is 0.398 e. The van der Waals surface area contributed by atoms with Gasteiger partial charge in [0.15, 0.2) is 0 Å². The third-order valence-electron chi connectivity index (χ3n) is 4.55. The predicted octanol–water partition coefficient (Wildman–Crippen LogP) is 2.73. The minimum atomic E-state index is -0.281. The number of carbonyl (C=O) groups is 1. The smallest absolute Gasteiger partial charge is 0.295 e. The van der Waals surface area contributed by atoms with Gasteiger partial charge in [0.05, 0.1) is 16.9 Å². The normalized spacial score (nSPS) is 10.7. The molecular weight excluding hydrogens is 328 g/mol. The number of carbonyl (C=O) groups excluding carboxylic acids is 1. The number of rotatable bonds is 4. The number of nitrogens with two attached hydrogens (primary N) is 1. The van der Waals surface area contributed by atoms with Gasteiger partial charge >= 0.3 is 0 Å². The third-order valence-corrected chi connectivity index (χ3v) is 4.55. The Morgan fingerprint density at radius 3 is 2.31 bits per heavy atom. The highest BCUT2D eigenvalue weighted by Gasteiger charge is 2.26. The maximum absolute atomic E-state index is 13.1. The second kappa shape index (κ2) is 6.92. The summed E-state index contributed by atoms with van der Waals surface area (Å²) in [5.74, 6) is -0.281. The van der Waals surface area contributed by atoms with Crippen molar-refractivity contribution in [2.75, 3.05) is 17.2 Å². The van der Waals surface area contributed by atoms with E-state index in [0.717, 1.165) is 5.69 Å². The Kier molecular flexibility index (Phi) is 4.67. The molecule has 0 saturated heterocycles. The van der Waals surface area contributed by atoms with Crippen molar-refractivity contribution < 1.29 is 4.79 Å². The van der Waals surface area contributed by atoms with E-state index in [1.54, 1.807) is 33.6 Å². The van der Waals surface area contributed by atoms with E-state index in [1.165, 1.54) is 4.90 Å². The van der Waals surface area contributed by atoms with Gasteiger partial charge in [-0.1, -0.05) is 30.3 Å². The second-order valence-electron chi connectivity index (χ2n) is 6.05. The molecule has 3 aromatic rings. The molecule has 134 valence electrons. The van der Waals surface area contributed by atoms with Crippen LogP contribution in [0.15, 0.2) is 59.4 Å². The number of hydrogen-bond donors (Lipinski definition) is 1. The molecule has 0 aliphatic heterocycles. The first-order valence-electron chi connectivity index (χ1n) is 8.47. The predicted molar refractivity (Wildman–Crippen MR) is 104 cm³/mol. The molecular formula is C20H22N4O2. The first-order chi connectivity index (χ1) is 12.5. The van der Waals surface area contributed by atoms with Crippen LogP contribution in [0.2, 0.25) is 0 Å². The van der Waals surface area contributed by atoms with Crippen molar-refractivity contribution in [1.82, 2.24) is 9.36 Å². The number of anilines is 2. The summed E-state index contributed by atoms with van der Waals surface area (Å²) in [4.78, 5) is 27.7. The van der Waals surface area contributed by atoms with E-state index in [4.69, 9.17) is 5.73 Å². The van der Waals surface area contributed by atoms with Gasteiger partial charge in [0.25, 0.3) is 11.5 Å². The van der Waals surface area contributed by atoms with Crippen LogP contribution in [0.25, 0.3) is 5.69 Å². The van der Waals surface area contributed by atoms with Crippen LogP contribution in [0.3, 0.4) is 0 Å². The lowest BCUT2D eigenvalue weighted by Crippen LogP contribution is -2.35. The van der Waals surface area contributed by atoms with Crippen LogP contribution >= 0.6 is 0 Å². The molecule has 26 heavy (non-hydrogen) atoms. The van der Waals surface area contributed by atoms with Crippen LogP contribution < -0.4 is 16.2 Å². The summed E-state index contributed by atoms with van der Waals surface area (Å²) in [6, 6.07) is 16.3. The molecule has 1 amide bonds. The summed E-state index contributed by atoms with van der Waals surface area (Å²) in [6.45, 7) is 4.04. The third kappa shape index (κ3) is 2.79. The van der Waals surface area contributed by atoms with Gasteiger partial charge in [-0.05, 0) is 38.1 Å². The Labute approximate surface area is 152 Å². The highest BCUT2D eigenvalue weighted by molar-refractivity contribution is 6.09. The van der Waals surface area contributed by atoms with Crippen molar-refractivity contribution in [2.45, 2.75) is 13.8 Å². The molecule has 0 aliphatic carbocycles. The van der Waals surface area contributed by atoms with E-state index in [9.17, 15) is 9.59 Å². The quantitative estimate of drug-likeness (QED) is 0.735. The number of para-hydroxylation sites is 2. The van der Waals surface area contributed by atoms with Crippen molar-refractivity contribution in [3.8, 4) is 5.69 Å². The Balaban J connectivity index is 2.15.